The Morgan fingerprint density at radius 3 is 2.36 bits per heavy atom. The highest BCUT2D eigenvalue weighted by atomic mass is 16.6. The van der Waals surface area contributed by atoms with Gasteiger partial charge in [-0.15, -0.1) is 0 Å². The Hall–Kier alpha value is -2.60. The topological polar surface area (TPSA) is 94.0 Å². The van der Waals surface area contributed by atoms with Crippen LogP contribution in [-0.2, 0) is 0 Å². The fraction of sp³-hybridized carbons (Fsp3) is 0. The minimum atomic E-state index is -0.642. The van der Waals surface area contributed by atoms with E-state index in [1.807, 2.05) is 0 Å². The second kappa shape index (κ2) is 3.87. The third-order valence-electron chi connectivity index (χ3n) is 1.52. The van der Waals surface area contributed by atoms with E-state index < -0.39 is 4.92 Å². The van der Waals surface area contributed by atoms with Crippen molar-refractivity contribution in [2.45, 2.75) is 0 Å². The predicted octanol–water partition coefficient (Wildman–Crippen LogP) is 1.36. The van der Waals surface area contributed by atoms with Gasteiger partial charge in [0.1, 0.15) is 5.69 Å². The number of benzene rings is 1. The highest BCUT2D eigenvalue weighted by molar-refractivity contribution is 5.67. The zero-order chi connectivity index (χ0) is 10.6. The first-order valence-electron chi connectivity index (χ1n) is 3.53. The van der Waals surface area contributed by atoms with Crippen LogP contribution < -0.4 is 4.90 Å². The lowest BCUT2D eigenvalue weighted by molar-refractivity contribution is -0.384. The lowest BCUT2D eigenvalue weighted by Gasteiger charge is -2.04. The van der Waals surface area contributed by atoms with Crippen LogP contribution in [0.1, 0.15) is 0 Å². The van der Waals surface area contributed by atoms with Crippen LogP contribution in [0.25, 0.3) is 0 Å². The molecule has 68 valence electrons. The zero-order valence-electron chi connectivity index (χ0n) is 6.91. The average molecular weight is 188 g/mol. The molecule has 6 nitrogen and oxygen atoms in total. The average Bonchev–Trinajstić information content (AvgIpc) is 2.20. The first-order valence-corrected chi connectivity index (χ1v) is 3.53. The van der Waals surface area contributed by atoms with E-state index in [0.29, 0.717) is 4.90 Å². The van der Waals surface area contributed by atoms with Crippen LogP contribution in [0.2, 0.25) is 0 Å². The molecule has 1 aromatic carbocycles. The number of nitro benzene ring substituents is 1. The van der Waals surface area contributed by atoms with E-state index in [9.17, 15) is 10.1 Å². The van der Waals surface area contributed by atoms with Crippen LogP contribution in [0.3, 0.4) is 0 Å². The summed E-state index contributed by atoms with van der Waals surface area (Å²) >= 11 is 0. The van der Waals surface area contributed by atoms with Crippen molar-refractivity contribution in [2.24, 2.45) is 0 Å². The standard InChI is InChI=1S/C8H4N4O2/c9-5-11(6-10)7-3-1-2-4-8(7)12(13)14/h1-4H. The molecule has 0 aliphatic heterocycles. The van der Waals surface area contributed by atoms with Gasteiger partial charge in [-0.25, -0.2) is 0 Å². The van der Waals surface area contributed by atoms with Crippen molar-refractivity contribution < 1.29 is 4.92 Å². The summed E-state index contributed by atoms with van der Waals surface area (Å²) in [4.78, 5) is 10.5. The molecule has 0 saturated heterocycles. The second-order valence-electron chi connectivity index (χ2n) is 2.28. The van der Waals surface area contributed by atoms with Gasteiger partial charge in [-0.1, -0.05) is 12.1 Å². The molecule has 0 aliphatic rings. The molecule has 0 radical (unpaired) electrons. The lowest BCUT2D eigenvalue weighted by Crippen LogP contribution is -2.09. The number of rotatable bonds is 2. The number of nitriles is 2. The molecule has 0 heterocycles. The number of hydrogen-bond acceptors (Lipinski definition) is 5. The van der Waals surface area contributed by atoms with Crippen LogP contribution in [0, 0.1) is 33.0 Å². The van der Waals surface area contributed by atoms with Crippen molar-refractivity contribution in [1.29, 1.82) is 10.5 Å². The molecule has 0 fully saturated rings. The van der Waals surface area contributed by atoms with Gasteiger partial charge in [-0.2, -0.15) is 15.4 Å². The first-order chi connectivity index (χ1) is 6.70. The van der Waals surface area contributed by atoms with Gasteiger partial charge >= 0.3 is 0 Å². The molecule has 1 aromatic rings. The number of hydrogen-bond donors (Lipinski definition) is 0. The summed E-state index contributed by atoms with van der Waals surface area (Å²) in [6.45, 7) is 0. The summed E-state index contributed by atoms with van der Waals surface area (Å²) < 4.78 is 0. The van der Waals surface area contributed by atoms with E-state index in [1.54, 1.807) is 0 Å². The molecule has 0 saturated carbocycles. The van der Waals surface area contributed by atoms with Crippen LogP contribution >= 0.6 is 0 Å². The second-order valence-corrected chi connectivity index (χ2v) is 2.28. The number of para-hydroxylation sites is 2. The Bertz CT molecular complexity index is 429. The smallest absolute Gasteiger partial charge is 0.258 e. The van der Waals surface area contributed by atoms with Crippen LogP contribution in [0.5, 0.6) is 0 Å². The molecule has 1 rings (SSSR count). The van der Waals surface area contributed by atoms with E-state index in [-0.39, 0.29) is 11.4 Å². The molecule has 6 heteroatoms. The summed E-state index contributed by atoms with van der Waals surface area (Å²) in [5.41, 5.74) is -0.293. The van der Waals surface area contributed by atoms with Gasteiger partial charge in [0.25, 0.3) is 5.69 Å². The maximum Gasteiger partial charge on any atom is 0.294 e. The molecule has 0 amide bonds. The van der Waals surface area contributed by atoms with E-state index in [2.05, 4.69) is 0 Å². The monoisotopic (exact) mass is 188 g/mol. The quantitative estimate of drug-likeness (QED) is 0.302. The summed E-state index contributed by atoms with van der Waals surface area (Å²) in [6.07, 6.45) is 3.06. The minimum absolute atomic E-state index is 0.0255. The van der Waals surface area contributed by atoms with Gasteiger partial charge in [-0.05, 0) is 6.07 Å². The molecule has 14 heavy (non-hydrogen) atoms. The van der Waals surface area contributed by atoms with Crippen LogP contribution in [-0.4, -0.2) is 4.92 Å². The van der Waals surface area contributed by atoms with Gasteiger partial charge in [-0.3, -0.25) is 10.1 Å². The van der Waals surface area contributed by atoms with Crippen molar-refractivity contribution in [1.82, 2.24) is 0 Å². The lowest BCUT2D eigenvalue weighted by atomic mass is 10.2. The maximum absolute atomic E-state index is 10.5. The largest absolute Gasteiger partial charge is 0.294 e. The Morgan fingerprint density at radius 1 is 1.29 bits per heavy atom. The van der Waals surface area contributed by atoms with Crippen molar-refractivity contribution in [2.75, 3.05) is 4.90 Å². The molecular weight excluding hydrogens is 184 g/mol. The molecule has 0 aromatic heterocycles. The van der Waals surface area contributed by atoms with Crippen molar-refractivity contribution in [3.8, 4) is 12.4 Å². The third-order valence-corrected chi connectivity index (χ3v) is 1.52. The van der Waals surface area contributed by atoms with Crippen LogP contribution in [0.15, 0.2) is 24.3 Å². The zero-order valence-corrected chi connectivity index (χ0v) is 6.91. The van der Waals surface area contributed by atoms with Gasteiger partial charge < -0.3 is 0 Å². The fourth-order valence-corrected chi connectivity index (χ4v) is 0.938. The SMILES string of the molecule is N#CN(C#N)c1ccccc1[N+](=O)[O-]. The molecule has 0 aliphatic carbocycles. The molecule has 0 atom stereocenters. The first kappa shape index (κ1) is 9.49. The van der Waals surface area contributed by atoms with E-state index in [1.165, 1.54) is 36.7 Å². The maximum atomic E-state index is 10.5. The van der Waals surface area contributed by atoms with Crippen molar-refractivity contribution in [3.63, 3.8) is 0 Å². The summed E-state index contributed by atoms with van der Waals surface area (Å²) in [5, 5.41) is 27.6. The van der Waals surface area contributed by atoms with E-state index in [4.69, 9.17) is 10.5 Å². The van der Waals surface area contributed by atoms with Gasteiger partial charge in [0, 0.05) is 6.07 Å². The van der Waals surface area contributed by atoms with E-state index >= 15 is 0 Å². The summed E-state index contributed by atoms with van der Waals surface area (Å²) in [7, 11) is 0. The molecule has 0 N–H and O–H groups in total. The predicted molar refractivity (Wildman–Crippen MR) is 46.8 cm³/mol. The van der Waals surface area contributed by atoms with Crippen molar-refractivity contribution >= 4 is 11.4 Å². The van der Waals surface area contributed by atoms with Crippen molar-refractivity contribution in [3.05, 3.63) is 34.4 Å². The number of anilines is 1. The molecular formula is C8H4N4O2. The molecule has 0 bridgehead atoms. The highest BCUT2D eigenvalue weighted by Gasteiger charge is 2.17. The molecule has 0 unspecified atom stereocenters. The Kier molecular flexibility index (Phi) is 2.63. The van der Waals surface area contributed by atoms with Crippen LogP contribution in [0.4, 0.5) is 11.4 Å². The Morgan fingerprint density at radius 2 is 1.86 bits per heavy atom. The Balaban J connectivity index is 3.29. The minimum Gasteiger partial charge on any atom is -0.258 e. The number of nitrogens with zero attached hydrogens (tertiary/aromatic N) is 4. The highest BCUT2D eigenvalue weighted by Crippen LogP contribution is 2.26. The normalized spacial score (nSPS) is 8.43. The van der Waals surface area contributed by atoms with Gasteiger partial charge in [0.2, 0.25) is 0 Å². The van der Waals surface area contributed by atoms with Gasteiger partial charge in [0.15, 0.2) is 12.4 Å². The van der Waals surface area contributed by atoms with Gasteiger partial charge in [0.05, 0.1) is 4.92 Å². The molecule has 0 spiro atoms. The third kappa shape index (κ3) is 1.59. The number of nitro groups is 1. The summed E-state index contributed by atoms with van der Waals surface area (Å²) in [5.74, 6) is 0. The fourth-order valence-electron chi connectivity index (χ4n) is 0.938. The Labute approximate surface area is 79.4 Å². The van der Waals surface area contributed by atoms with E-state index in [0.717, 1.165) is 0 Å². The summed E-state index contributed by atoms with van der Waals surface area (Å²) in [6, 6.07) is 5.56.